The van der Waals surface area contributed by atoms with E-state index in [9.17, 15) is 8.78 Å². The lowest BCUT2D eigenvalue weighted by Gasteiger charge is -2.16. The second kappa shape index (κ2) is 3.92. The molecule has 0 aliphatic rings. The molecule has 0 fully saturated rings. The summed E-state index contributed by atoms with van der Waals surface area (Å²) in [5.74, 6) is -3.12. The van der Waals surface area contributed by atoms with E-state index in [4.69, 9.17) is 5.11 Å². The molecule has 0 unspecified atom stereocenters. The Morgan fingerprint density at radius 2 is 1.94 bits per heavy atom. The van der Waals surface area contributed by atoms with Crippen molar-refractivity contribution < 1.29 is 13.9 Å². The first-order valence-corrected chi connectivity index (χ1v) is 4.73. The highest BCUT2D eigenvalue weighted by Crippen LogP contribution is 2.29. The molecule has 3 nitrogen and oxygen atoms in total. The summed E-state index contributed by atoms with van der Waals surface area (Å²) in [5, 5.41) is 12.6. The van der Waals surface area contributed by atoms with Gasteiger partial charge >= 0.3 is 0 Å². The molecular formula is C11H10F2N2O. The van der Waals surface area contributed by atoms with Gasteiger partial charge in [-0.25, -0.2) is 0 Å². The maximum Gasteiger partial charge on any atom is 0.292 e. The second-order valence-corrected chi connectivity index (χ2v) is 3.47. The number of aromatic nitrogens is 2. The van der Waals surface area contributed by atoms with E-state index in [0.29, 0.717) is 0 Å². The van der Waals surface area contributed by atoms with E-state index in [0.717, 1.165) is 17.1 Å². The molecule has 0 amide bonds. The van der Waals surface area contributed by atoms with Crippen molar-refractivity contribution in [3.05, 3.63) is 48.3 Å². The Balaban J connectivity index is 2.20. The maximum atomic E-state index is 13.7. The lowest BCUT2D eigenvalue weighted by molar-refractivity contribution is -0.0254. The van der Waals surface area contributed by atoms with Crippen molar-refractivity contribution in [3.8, 4) is 5.75 Å². The predicted molar refractivity (Wildman–Crippen MR) is 54.2 cm³/mol. The summed E-state index contributed by atoms with van der Waals surface area (Å²) in [6, 6.07) is 7.53. The third-order valence-corrected chi connectivity index (χ3v) is 2.18. The molecule has 2 aromatic rings. The number of aromatic hydroxyl groups is 1. The number of rotatable bonds is 3. The standard InChI is InChI=1S/C11H10F2N2O/c12-11(13,9-4-2-1-3-5-9)8-15-7-10(16)6-14-15/h1-7,16H,8H2. The van der Waals surface area contributed by atoms with Gasteiger partial charge in [-0.15, -0.1) is 0 Å². The molecule has 1 heterocycles. The highest BCUT2D eigenvalue weighted by molar-refractivity contribution is 5.20. The molecule has 0 spiro atoms. The Kier molecular flexibility index (Phi) is 2.60. The zero-order chi connectivity index (χ0) is 11.6. The lowest BCUT2D eigenvalue weighted by atomic mass is 10.1. The molecule has 0 saturated carbocycles. The SMILES string of the molecule is Oc1cnn(CC(F)(F)c2ccccc2)c1. The first kappa shape index (κ1) is 10.6. The van der Waals surface area contributed by atoms with Crippen LogP contribution in [0.3, 0.4) is 0 Å². The molecule has 0 atom stereocenters. The second-order valence-electron chi connectivity index (χ2n) is 3.47. The van der Waals surface area contributed by atoms with Gasteiger partial charge in [0.1, 0.15) is 6.54 Å². The number of nitrogens with zero attached hydrogens (tertiary/aromatic N) is 2. The highest BCUT2D eigenvalue weighted by Gasteiger charge is 2.32. The first-order valence-electron chi connectivity index (χ1n) is 4.73. The Morgan fingerprint density at radius 1 is 1.25 bits per heavy atom. The van der Waals surface area contributed by atoms with Crippen molar-refractivity contribution in [1.29, 1.82) is 0 Å². The van der Waals surface area contributed by atoms with Gasteiger partial charge in [-0.1, -0.05) is 30.3 Å². The summed E-state index contributed by atoms with van der Waals surface area (Å²) in [6.45, 7) is -0.586. The zero-order valence-corrected chi connectivity index (χ0v) is 8.35. The molecule has 1 aromatic carbocycles. The fraction of sp³-hybridized carbons (Fsp3) is 0.182. The van der Waals surface area contributed by atoms with E-state index in [1.807, 2.05) is 0 Å². The summed E-state index contributed by atoms with van der Waals surface area (Å²) in [6.07, 6.45) is 2.29. The van der Waals surface area contributed by atoms with Crippen LogP contribution in [0.2, 0.25) is 0 Å². The monoisotopic (exact) mass is 224 g/mol. The topological polar surface area (TPSA) is 38.1 Å². The third-order valence-electron chi connectivity index (χ3n) is 2.18. The molecule has 0 bridgehead atoms. The van der Waals surface area contributed by atoms with Crippen LogP contribution in [0, 0.1) is 0 Å². The van der Waals surface area contributed by atoms with Gasteiger partial charge in [-0.3, -0.25) is 4.68 Å². The van der Waals surface area contributed by atoms with Crippen LogP contribution in [0.25, 0.3) is 0 Å². The van der Waals surface area contributed by atoms with Gasteiger partial charge in [0.25, 0.3) is 5.92 Å². The molecule has 2 rings (SSSR count). The Bertz CT molecular complexity index is 468. The van der Waals surface area contributed by atoms with Crippen molar-refractivity contribution >= 4 is 0 Å². The molecular weight excluding hydrogens is 214 g/mol. The van der Waals surface area contributed by atoms with E-state index < -0.39 is 12.5 Å². The Labute approximate surface area is 91.0 Å². The average molecular weight is 224 g/mol. The van der Waals surface area contributed by atoms with Crippen LogP contribution in [0.1, 0.15) is 5.56 Å². The van der Waals surface area contributed by atoms with E-state index in [2.05, 4.69) is 5.10 Å². The van der Waals surface area contributed by atoms with E-state index in [1.54, 1.807) is 18.2 Å². The van der Waals surface area contributed by atoms with E-state index >= 15 is 0 Å². The van der Waals surface area contributed by atoms with Gasteiger partial charge < -0.3 is 5.11 Å². The summed E-state index contributed by atoms with van der Waals surface area (Å²) in [4.78, 5) is 0. The molecule has 16 heavy (non-hydrogen) atoms. The molecule has 0 radical (unpaired) electrons. The average Bonchev–Trinajstić information content (AvgIpc) is 2.64. The highest BCUT2D eigenvalue weighted by atomic mass is 19.3. The quantitative estimate of drug-likeness (QED) is 0.869. The minimum absolute atomic E-state index is 0.0648. The number of halogens is 2. The van der Waals surface area contributed by atoms with Gasteiger partial charge in [0.15, 0.2) is 5.75 Å². The van der Waals surface area contributed by atoms with Crippen LogP contribution in [0.5, 0.6) is 5.75 Å². The van der Waals surface area contributed by atoms with E-state index in [-0.39, 0.29) is 11.3 Å². The maximum absolute atomic E-state index is 13.7. The van der Waals surface area contributed by atoms with Gasteiger partial charge in [-0.05, 0) is 0 Å². The summed E-state index contributed by atoms with van der Waals surface area (Å²) in [7, 11) is 0. The van der Waals surface area contributed by atoms with Crippen molar-refractivity contribution in [1.82, 2.24) is 9.78 Å². The normalized spacial score (nSPS) is 11.6. The minimum Gasteiger partial charge on any atom is -0.505 e. The first-order chi connectivity index (χ1) is 7.58. The van der Waals surface area contributed by atoms with Gasteiger partial charge in [-0.2, -0.15) is 13.9 Å². The minimum atomic E-state index is -3.00. The molecule has 84 valence electrons. The fourth-order valence-corrected chi connectivity index (χ4v) is 1.42. The van der Waals surface area contributed by atoms with Gasteiger partial charge in [0.05, 0.1) is 12.4 Å². The van der Waals surface area contributed by atoms with Crippen molar-refractivity contribution in [2.45, 2.75) is 12.5 Å². The van der Waals surface area contributed by atoms with Crippen LogP contribution in [0.4, 0.5) is 8.78 Å². The summed E-state index contributed by atoms with van der Waals surface area (Å²) < 4.78 is 28.4. The Hall–Kier alpha value is -1.91. The van der Waals surface area contributed by atoms with Crippen LogP contribution in [0.15, 0.2) is 42.7 Å². The molecule has 0 aliphatic heterocycles. The molecule has 1 aromatic heterocycles. The number of benzene rings is 1. The summed E-state index contributed by atoms with van der Waals surface area (Å²) in [5.41, 5.74) is -0.0648. The van der Waals surface area contributed by atoms with Crippen LogP contribution in [-0.4, -0.2) is 14.9 Å². The van der Waals surface area contributed by atoms with Crippen molar-refractivity contribution in [2.24, 2.45) is 0 Å². The van der Waals surface area contributed by atoms with Crippen LogP contribution < -0.4 is 0 Å². The largest absolute Gasteiger partial charge is 0.505 e. The molecule has 0 aliphatic carbocycles. The van der Waals surface area contributed by atoms with Gasteiger partial charge in [0, 0.05) is 5.56 Å². The van der Waals surface area contributed by atoms with Crippen LogP contribution >= 0.6 is 0 Å². The summed E-state index contributed by atoms with van der Waals surface area (Å²) >= 11 is 0. The molecule has 1 N–H and O–H groups in total. The number of hydrogen-bond acceptors (Lipinski definition) is 2. The smallest absolute Gasteiger partial charge is 0.292 e. The number of hydrogen-bond donors (Lipinski definition) is 1. The molecule has 0 saturated heterocycles. The predicted octanol–water partition coefficient (Wildman–Crippen LogP) is 2.38. The zero-order valence-electron chi connectivity index (χ0n) is 8.35. The van der Waals surface area contributed by atoms with E-state index in [1.165, 1.54) is 12.1 Å². The van der Waals surface area contributed by atoms with Crippen molar-refractivity contribution in [3.63, 3.8) is 0 Å². The van der Waals surface area contributed by atoms with Crippen molar-refractivity contribution in [2.75, 3.05) is 0 Å². The number of alkyl halides is 2. The third kappa shape index (κ3) is 2.18. The van der Waals surface area contributed by atoms with Gasteiger partial charge in [0.2, 0.25) is 0 Å². The lowest BCUT2D eigenvalue weighted by Crippen LogP contribution is -2.21. The van der Waals surface area contributed by atoms with Crippen LogP contribution in [-0.2, 0) is 12.5 Å². The molecule has 5 heteroatoms. The Morgan fingerprint density at radius 3 is 2.50 bits per heavy atom. The fourth-order valence-electron chi connectivity index (χ4n) is 1.42.